The van der Waals surface area contributed by atoms with E-state index in [1.807, 2.05) is 0 Å². The van der Waals surface area contributed by atoms with E-state index in [4.69, 9.17) is 30.1 Å². The van der Waals surface area contributed by atoms with Gasteiger partial charge in [-0.15, -0.1) is 0 Å². The van der Waals surface area contributed by atoms with Crippen molar-refractivity contribution in [2.75, 3.05) is 38.0 Å². The summed E-state index contributed by atoms with van der Waals surface area (Å²) in [5.74, 6) is -2.03. The Hall–Kier alpha value is -4.59. The smallest absolute Gasteiger partial charge is 0.325 e. The molecule has 0 saturated carbocycles. The van der Waals surface area contributed by atoms with Crippen LogP contribution >= 0.6 is 11.5 Å². The highest BCUT2D eigenvalue weighted by Gasteiger charge is 2.39. The molecular formula is C24H27N5O8S. The second-order valence-corrected chi connectivity index (χ2v) is 8.50. The summed E-state index contributed by atoms with van der Waals surface area (Å²) in [7, 11) is 2.83. The van der Waals surface area contributed by atoms with E-state index in [1.165, 1.54) is 32.4 Å². The van der Waals surface area contributed by atoms with Crippen molar-refractivity contribution < 1.29 is 37.8 Å². The lowest BCUT2D eigenvalue weighted by molar-refractivity contribution is -0.143. The summed E-state index contributed by atoms with van der Waals surface area (Å²) >= 11 is 0.642. The Morgan fingerprint density at radius 3 is 2.45 bits per heavy atom. The molecule has 1 aromatic carbocycles. The number of nitrogen functional groups attached to an aromatic ring is 1. The zero-order valence-corrected chi connectivity index (χ0v) is 21.9. The normalized spacial score (nSPS) is 11.4. The van der Waals surface area contributed by atoms with Crippen LogP contribution in [0.15, 0.2) is 34.7 Å². The van der Waals surface area contributed by atoms with Crippen molar-refractivity contribution >= 4 is 46.6 Å². The molecule has 0 bridgehead atoms. The summed E-state index contributed by atoms with van der Waals surface area (Å²) in [6.07, 6.45) is 0. The molecule has 14 heteroatoms. The van der Waals surface area contributed by atoms with E-state index in [9.17, 15) is 19.2 Å². The number of carbonyl (C=O) groups is 4. The van der Waals surface area contributed by atoms with Crippen molar-refractivity contribution in [1.82, 2.24) is 9.69 Å². The van der Waals surface area contributed by atoms with E-state index in [0.29, 0.717) is 23.0 Å². The van der Waals surface area contributed by atoms with Gasteiger partial charge >= 0.3 is 5.97 Å². The number of aryl methyl sites for hydroxylation is 1. The maximum absolute atomic E-state index is 14.1. The monoisotopic (exact) mass is 545 g/mol. The molecule has 1 atom stereocenters. The van der Waals surface area contributed by atoms with Crippen LogP contribution < -0.4 is 31.2 Å². The third-order valence-electron chi connectivity index (χ3n) is 5.27. The van der Waals surface area contributed by atoms with Gasteiger partial charge in [0.2, 0.25) is 0 Å². The van der Waals surface area contributed by atoms with Gasteiger partial charge in [0, 0.05) is 6.07 Å². The number of ether oxygens (including phenoxy) is 3. The Kier molecular flexibility index (Phi) is 8.91. The number of esters is 1. The number of rotatable bonds is 11. The number of nitrogens with zero attached hydrogens (tertiary/aromatic N) is 2. The summed E-state index contributed by atoms with van der Waals surface area (Å²) in [6.45, 7) is 2.96. The van der Waals surface area contributed by atoms with Gasteiger partial charge in [-0.2, -0.15) is 4.37 Å². The lowest BCUT2D eigenvalue weighted by Crippen LogP contribution is -2.45. The van der Waals surface area contributed by atoms with Crippen molar-refractivity contribution in [1.29, 1.82) is 0 Å². The number of hydrogen-bond donors (Lipinski definition) is 3. The fraction of sp³-hybridized carbons (Fsp3) is 0.292. The molecule has 0 unspecified atom stereocenters. The number of nitrogens with two attached hydrogens (primary N) is 2. The first-order valence-corrected chi connectivity index (χ1v) is 12.0. The molecule has 2 heterocycles. The standard InChI is InChI=1S/C24H27N5O8S/c1-5-36-17(30)11-27-23(32)20(15-9-6-12(2)37-15)29(14-8-7-13(34-3)10-16(14)35-4)24(33)21-18(25)19(22(26)31)28-38-21/h6-10,20H,5,11,25H2,1-4H3,(H2,26,31)(H,27,32)/t20-/m1/s1. The third kappa shape index (κ3) is 5.86. The van der Waals surface area contributed by atoms with Gasteiger partial charge in [-0.1, -0.05) is 0 Å². The maximum atomic E-state index is 14.1. The van der Waals surface area contributed by atoms with Crippen LogP contribution in [0.2, 0.25) is 0 Å². The minimum atomic E-state index is -1.45. The van der Waals surface area contributed by atoms with Crippen LogP contribution in [0.25, 0.3) is 0 Å². The van der Waals surface area contributed by atoms with Gasteiger partial charge in [-0.3, -0.25) is 24.1 Å². The minimum absolute atomic E-state index is 0.0771. The van der Waals surface area contributed by atoms with Crippen molar-refractivity contribution in [2.45, 2.75) is 19.9 Å². The topological polar surface area (TPSA) is 189 Å². The maximum Gasteiger partial charge on any atom is 0.325 e. The second-order valence-electron chi connectivity index (χ2n) is 7.72. The van der Waals surface area contributed by atoms with Crippen LogP contribution in [0.4, 0.5) is 11.4 Å². The van der Waals surface area contributed by atoms with Crippen molar-refractivity contribution in [3.05, 3.63) is 52.4 Å². The number of furan rings is 1. The molecule has 3 amide bonds. The predicted molar refractivity (Wildman–Crippen MR) is 137 cm³/mol. The number of primary amides is 1. The quantitative estimate of drug-likeness (QED) is 0.300. The number of methoxy groups -OCH3 is 2. The van der Waals surface area contributed by atoms with Gasteiger partial charge in [0.15, 0.2) is 11.7 Å². The molecule has 0 aliphatic heterocycles. The summed E-state index contributed by atoms with van der Waals surface area (Å²) in [5.41, 5.74) is 11.0. The summed E-state index contributed by atoms with van der Waals surface area (Å²) < 4.78 is 25.3. The molecule has 3 aromatic rings. The molecule has 38 heavy (non-hydrogen) atoms. The van der Waals surface area contributed by atoms with Crippen LogP contribution in [0.1, 0.15) is 44.6 Å². The van der Waals surface area contributed by atoms with Gasteiger partial charge in [0.05, 0.1) is 32.2 Å². The molecule has 0 radical (unpaired) electrons. The van der Waals surface area contributed by atoms with E-state index in [2.05, 4.69) is 9.69 Å². The van der Waals surface area contributed by atoms with Gasteiger partial charge in [0.1, 0.15) is 34.4 Å². The average Bonchev–Trinajstić information content (AvgIpc) is 3.50. The van der Waals surface area contributed by atoms with Crippen LogP contribution in [-0.2, 0) is 14.3 Å². The molecule has 13 nitrogen and oxygen atoms in total. The predicted octanol–water partition coefficient (Wildman–Crippen LogP) is 1.81. The average molecular weight is 546 g/mol. The molecule has 5 N–H and O–H groups in total. The number of carbonyl (C=O) groups excluding carboxylic acids is 4. The van der Waals surface area contributed by atoms with Crippen LogP contribution in [0, 0.1) is 6.92 Å². The molecule has 0 aliphatic rings. The Bertz CT molecular complexity index is 1350. The molecule has 0 aliphatic carbocycles. The third-order valence-corrected chi connectivity index (χ3v) is 6.12. The Morgan fingerprint density at radius 1 is 1.16 bits per heavy atom. The minimum Gasteiger partial charge on any atom is -0.497 e. The molecule has 202 valence electrons. The van der Waals surface area contributed by atoms with Crippen molar-refractivity contribution in [2.24, 2.45) is 5.73 Å². The van der Waals surface area contributed by atoms with E-state index >= 15 is 0 Å². The largest absolute Gasteiger partial charge is 0.497 e. The lowest BCUT2D eigenvalue weighted by Gasteiger charge is -2.30. The molecule has 0 spiro atoms. The van der Waals surface area contributed by atoms with Crippen LogP contribution in [-0.4, -0.2) is 55.4 Å². The van der Waals surface area contributed by atoms with Gasteiger partial charge < -0.3 is 35.4 Å². The van der Waals surface area contributed by atoms with E-state index in [1.54, 1.807) is 26.0 Å². The molecular weight excluding hydrogens is 518 g/mol. The fourth-order valence-corrected chi connectivity index (χ4v) is 4.27. The highest BCUT2D eigenvalue weighted by Crippen LogP contribution is 2.40. The Balaban J connectivity index is 2.21. The van der Waals surface area contributed by atoms with E-state index < -0.39 is 36.3 Å². The number of hydrogen-bond acceptors (Lipinski definition) is 11. The number of nitrogens with one attached hydrogen (secondary N) is 1. The Labute approximate surface area is 221 Å². The van der Waals surface area contributed by atoms with Gasteiger partial charge in [0.25, 0.3) is 17.7 Å². The fourth-order valence-electron chi connectivity index (χ4n) is 3.53. The molecule has 0 saturated heterocycles. The second kappa shape index (κ2) is 12.1. The summed E-state index contributed by atoms with van der Waals surface area (Å²) in [4.78, 5) is 52.2. The highest BCUT2D eigenvalue weighted by atomic mass is 32.1. The lowest BCUT2D eigenvalue weighted by atomic mass is 10.1. The van der Waals surface area contributed by atoms with E-state index in [0.717, 1.165) is 4.90 Å². The van der Waals surface area contributed by atoms with Crippen LogP contribution in [0.3, 0.4) is 0 Å². The number of aromatic nitrogens is 1. The summed E-state index contributed by atoms with van der Waals surface area (Å²) in [5, 5.41) is 2.48. The molecule has 3 rings (SSSR count). The molecule has 2 aromatic heterocycles. The first kappa shape index (κ1) is 28.0. The van der Waals surface area contributed by atoms with Gasteiger partial charge in [-0.25, -0.2) is 0 Å². The first-order chi connectivity index (χ1) is 18.1. The summed E-state index contributed by atoms with van der Waals surface area (Å²) in [6, 6.07) is 6.26. The SMILES string of the molecule is CCOC(=O)CNC(=O)[C@@H](c1ccc(C)o1)N(C(=O)c1snc(C(N)=O)c1N)c1ccc(OC)cc1OC. The number of anilines is 2. The zero-order chi connectivity index (χ0) is 28.0. The van der Waals surface area contributed by atoms with Gasteiger partial charge in [-0.05, 0) is 49.6 Å². The number of amides is 3. The zero-order valence-electron chi connectivity index (χ0n) is 21.1. The van der Waals surface area contributed by atoms with E-state index in [-0.39, 0.29) is 40.1 Å². The highest BCUT2D eigenvalue weighted by molar-refractivity contribution is 7.09. The number of benzene rings is 1. The van der Waals surface area contributed by atoms with Crippen molar-refractivity contribution in [3.8, 4) is 11.5 Å². The Morgan fingerprint density at radius 2 is 1.89 bits per heavy atom. The first-order valence-electron chi connectivity index (χ1n) is 11.2. The van der Waals surface area contributed by atoms with Crippen molar-refractivity contribution in [3.63, 3.8) is 0 Å². The van der Waals surface area contributed by atoms with Crippen LogP contribution in [0.5, 0.6) is 11.5 Å². The molecule has 0 fully saturated rings.